The molecule has 138 valence electrons. The minimum absolute atomic E-state index is 0.163. The third-order valence-electron chi connectivity index (χ3n) is 4.58. The molecule has 3 rings (SSSR count). The van der Waals surface area contributed by atoms with Gasteiger partial charge in [-0.1, -0.05) is 13.3 Å². The number of unbranched alkanes of at least 4 members (excludes halogenated alkanes) is 1. The van der Waals surface area contributed by atoms with Gasteiger partial charge < -0.3 is 15.5 Å². The molecule has 1 amide bonds. The zero-order valence-electron chi connectivity index (χ0n) is 15.4. The number of rotatable bonds is 7. The van der Waals surface area contributed by atoms with Crippen LogP contribution in [0.4, 0.5) is 17.2 Å². The molecule has 1 saturated heterocycles. The molecule has 1 fully saturated rings. The van der Waals surface area contributed by atoms with Gasteiger partial charge in [0.1, 0.15) is 17.8 Å². The van der Waals surface area contributed by atoms with Crippen molar-refractivity contribution < 1.29 is 4.79 Å². The van der Waals surface area contributed by atoms with Crippen molar-refractivity contribution in [3.05, 3.63) is 42.4 Å². The van der Waals surface area contributed by atoms with Crippen LogP contribution < -0.4 is 15.5 Å². The van der Waals surface area contributed by atoms with Gasteiger partial charge in [0.05, 0.1) is 0 Å². The number of amides is 1. The molecule has 1 aromatic heterocycles. The first-order valence-electron chi connectivity index (χ1n) is 9.48. The van der Waals surface area contributed by atoms with E-state index in [2.05, 4.69) is 44.6 Å². The number of nitrogens with zero attached hydrogens (tertiary/aromatic N) is 3. The van der Waals surface area contributed by atoms with Gasteiger partial charge in [-0.3, -0.25) is 4.79 Å². The van der Waals surface area contributed by atoms with Gasteiger partial charge in [0.15, 0.2) is 0 Å². The van der Waals surface area contributed by atoms with E-state index in [0.717, 1.165) is 31.6 Å². The van der Waals surface area contributed by atoms with Crippen LogP contribution in [0, 0.1) is 0 Å². The van der Waals surface area contributed by atoms with E-state index < -0.39 is 0 Å². The summed E-state index contributed by atoms with van der Waals surface area (Å²) < 4.78 is 0. The number of anilines is 3. The minimum atomic E-state index is -0.163. The van der Waals surface area contributed by atoms with Crippen molar-refractivity contribution in [3.63, 3.8) is 0 Å². The summed E-state index contributed by atoms with van der Waals surface area (Å²) in [6.45, 7) is 5.03. The van der Waals surface area contributed by atoms with E-state index in [9.17, 15) is 4.79 Å². The van der Waals surface area contributed by atoms with Crippen LogP contribution >= 0.6 is 0 Å². The Labute approximate surface area is 155 Å². The second kappa shape index (κ2) is 9.17. The van der Waals surface area contributed by atoms with E-state index in [0.29, 0.717) is 18.1 Å². The van der Waals surface area contributed by atoms with Crippen molar-refractivity contribution in [2.45, 2.75) is 39.0 Å². The maximum absolute atomic E-state index is 12.1. The molecule has 0 unspecified atom stereocenters. The van der Waals surface area contributed by atoms with E-state index >= 15 is 0 Å². The van der Waals surface area contributed by atoms with Gasteiger partial charge in [0.25, 0.3) is 5.91 Å². The highest BCUT2D eigenvalue weighted by Crippen LogP contribution is 2.23. The molecule has 2 aromatic rings. The number of carbonyl (C=O) groups excluding carboxylic acids is 1. The largest absolute Gasteiger partial charge is 0.372 e. The van der Waals surface area contributed by atoms with Crippen LogP contribution in [0.2, 0.25) is 0 Å². The summed E-state index contributed by atoms with van der Waals surface area (Å²) in [6, 6.07) is 10.0. The molecule has 0 atom stereocenters. The summed E-state index contributed by atoms with van der Waals surface area (Å²) in [6.07, 6.45) is 7.29. The predicted molar refractivity (Wildman–Crippen MR) is 105 cm³/mol. The lowest BCUT2D eigenvalue weighted by molar-refractivity contribution is 0.0948. The monoisotopic (exact) mass is 353 g/mol. The predicted octanol–water partition coefficient (Wildman–Crippen LogP) is 3.74. The molecule has 0 bridgehead atoms. The fraction of sp³-hybridized carbons (Fsp3) is 0.450. The van der Waals surface area contributed by atoms with Gasteiger partial charge in [-0.25, -0.2) is 9.97 Å². The fourth-order valence-corrected chi connectivity index (χ4v) is 3.07. The number of piperidine rings is 1. The lowest BCUT2D eigenvalue weighted by Crippen LogP contribution is -2.29. The highest BCUT2D eigenvalue weighted by molar-refractivity contribution is 5.92. The van der Waals surface area contributed by atoms with Crippen LogP contribution in [0.15, 0.2) is 36.7 Å². The van der Waals surface area contributed by atoms with Crippen LogP contribution in [0.5, 0.6) is 0 Å². The van der Waals surface area contributed by atoms with Crippen molar-refractivity contribution in [2.24, 2.45) is 0 Å². The van der Waals surface area contributed by atoms with E-state index in [1.54, 1.807) is 6.07 Å². The number of benzene rings is 1. The topological polar surface area (TPSA) is 70.2 Å². The van der Waals surface area contributed by atoms with Crippen LogP contribution in [-0.4, -0.2) is 35.5 Å². The highest BCUT2D eigenvalue weighted by atomic mass is 16.1. The first-order valence-corrected chi connectivity index (χ1v) is 9.48. The Morgan fingerprint density at radius 1 is 1.12 bits per heavy atom. The van der Waals surface area contributed by atoms with Crippen molar-refractivity contribution in [1.29, 1.82) is 0 Å². The number of hydrogen-bond acceptors (Lipinski definition) is 5. The molecule has 2 N–H and O–H groups in total. The third-order valence-corrected chi connectivity index (χ3v) is 4.58. The summed E-state index contributed by atoms with van der Waals surface area (Å²) in [7, 11) is 0. The summed E-state index contributed by atoms with van der Waals surface area (Å²) in [5.41, 5.74) is 2.58. The molecule has 0 radical (unpaired) electrons. The zero-order valence-corrected chi connectivity index (χ0v) is 15.4. The minimum Gasteiger partial charge on any atom is -0.372 e. The molecule has 6 heteroatoms. The van der Waals surface area contributed by atoms with Crippen molar-refractivity contribution in [1.82, 2.24) is 15.3 Å². The van der Waals surface area contributed by atoms with Crippen LogP contribution in [-0.2, 0) is 0 Å². The SMILES string of the molecule is CCCCNC(=O)c1cc(Nc2ccc(N3CCCCC3)cc2)ncn1. The van der Waals surface area contributed by atoms with E-state index in [1.807, 2.05) is 12.1 Å². The molecule has 6 nitrogen and oxygen atoms in total. The fourth-order valence-electron chi connectivity index (χ4n) is 3.07. The van der Waals surface area contributed by atoms with E-state index in [4.69, 9.17) is 0 Å². The Balaban J connectivity index is 1.61. The normalized spacial score (nSPS) is 14.1. The maximum atomic E-state index is 12.1. The lowest BCUT2D eigenvalue weighted by atomic mass is 10.1. The molecule has 2 heterocycles. The molecular formula is C20H27N5O. The van der Waals surface area contributed by atoms with E-state index in [-0.39, 0.29) is 5.91 Å². The van der Waals surface area contributed by atoms with Crippen molar-refractivity contribution >= 4 is 23.1 Å². The van der Waals surface area contributed by atoms with Crippen LogP contribution in [0.1, 0.15) is 49.5 Å². The average Bonchev–Trinajstić information content (AvgIpc) is 2.69. The van der Waals surface area contributed by atoms with Gasteiger partial charge in [-0.05, 0) is 49.9 Å². The standard InChI is InChI=1S/C20H27N5O/c1-2-3-11-21-20(26)18-14-19(23-15-22-18)24-16-7-9-17(10-8-16)25-12-5-4-6-13-25/h7-10,14-15H,2-6,11-13H2,1H3,(H,21,26)(H,22,23,24). The summed E-state index contributed by atoms with van der Waals surface area (Å²) in [4.78, 5) is 22.8. The van der Waals surface area contributed by atoms with Gasteiger partial charge in [0.2, 0.25) is 0 Å². The maximum Gasteiger partial charge on any atom is 0.270 e. The first kappa shape index (κ1) is 18.2. The Hall–Kier alpha value is -2.63. The quantitative estimate of drug-likeness (QED) is 0.742. The van der Waals surface area contributed by atoms with Crippen LogP contribution in [0.25, 0.3) is 0 Å². The van der Waals surface area contributed by atoms with Gasteiger partial charge >= 0.3 is 0 Å². The van der Waals surface area contributed by atoms with Gasteiger partial charge in [0, 0.05) is 37.1 Å². The molecule has 26 heavy (non-hydrogen) atoms. The van der Waals surface area contributed by atoms with Crippen molar-refractivity contribution in [3.8, 4) is 0 Å². The van der Waals surface area contributed by atoms with Gasteiger partial charge in [-0.2, -0.15) is 0 Å². The third kappa shape index (κ3) is 4.94. The number of hydrogen-bond donors (Lipinski definition) is 2. The van der Waals surface area contributed by atoms with Crippen LogP contribution in [0.3, 0.4) is 0 Å². The summed E-state index contributed by atoms with van der Waals surface area (Å²) in [5, 5.41) is 6.12. The molecule has 0 spiro atoms. The zero-order chi connectivity index (χ0) is 18.2. The molecule has 1 aliphatic heterocycles. The molecule has 0 saturated carbocycles. The Morgan fingerprint density at radius 2 is 1.88 bits per heavy atom. The smallest absolute Gasteiger partial charge is 0.270 e. The lowest BCUT2D eigenvalue weighted by Gasteiger charge is -2.28. The summed E-state index contributed by atoms with van der Waals surface area (Å²) in [5.74, 6) is 0.454. The van der Waals surface area contributed by atoms with Crippen molar-refractivity contribution in [2.75, 3.05) is 29.9 Å². The Morgan fingerprint density at radius 3 is 2.62 bits per heavy atom. The molecule has 0 aliphatic carbocycles. The molecule has 1 aromatic carbocycles. The Bertz CT molecular complexity index is 710. The Kier molecular flexibility index (Phi) is 6.41. The van der Waals surface area contributed by atoms with Gasteiger partial charge in [-0.15, -0.1) is 0 Å². The van der Waals surface area contributed by atoms with E-state index in [1.165, 1.54) is 31.3 Å². The average molecular weight is 353 g/mol. The molecule has 1 aliphatic rings. The highest BCUT2D eigenvalue weighted by Gasteiger charge is 2.11. The second-order valence-electron chi connectivity index (χ2n) is 6.62. The second-order valence-corrected chi connectivity index (χ2v) is 6.62. The number of nitrogens with one attached hydrogen (secondary N) is 2. The number of aromatic nitrogens is 2. The molecular weight excluding hydrogens is 326 g/mol. The number of carbonyl (C=O) groups is 1. The first-order chi connectivity index (χ1) is 12.8. The summed E-state index contributed by atoms with van der Waals surface area (Å²) >= 11 is 0.